The molecule has 2 aromatic carbocycles. The van der Waals surface area contributed by atoms with Crippen LogP contribution in [-0.4, -0.2) is 52.3 Å². The Kier molecular flexibility index (Phi) is 5.97. The lowest BCUT2D eigenvalue weighted by Crippen LogP contribution is -2.49. The zero-order valence-electron chi connectivity index (χ0n) is 18.6. The van der Waals surface area contributed by atoms with E-state index < -0.39 is 17.2 Å². The SMILES string of the molecule is CN1CCCC1(CO)COc1ncc2cc(Cl)c(-c3ccc(F)c4sc(N)c(C#N)c34)c(F)c2n1. The molecule has 5 rings (SSSR count). The number of nitrogen functional groups attached to an aromatic ring is 1. The van der Waals surface area contributed by atoms with Crippen LogP contribution < -0.4 is 10.5 Å². The molecule has 1 aliphatic rings. The molecule has 3 heterocycles. The van der Waals surface area contributed by atoms with Crippen molar-refractivity contribution < 1.29 is 18.6 Å². The molecule has 4 aromatic rings. The highest BCUT2D eigenvalue weighted by molar-refractivity contribution is 7.23. The maximum Gasteiger partial charge on any atom is 0.317 e. The largest absolute Gasteiger partial charge is 0.461 e. The lowest BCUT2D eigenvalue weighted by molar-refractivity contribution is 0.0363. The summed E-state index contributed by atoms with van der Waals surface area (Å²) >= 11 is 7.38. The van der Waals surface area contributed by atoms with Gasteiger partial charge in [-0.05, 0) is 44.1 Å². The Morgan fingerprint density at radius 3 is 2.89 bits per heavy atom. The van der Waals surface area contributed by atoms with Gasteiger partial charge in [-0.2, -0.15) is 10.2 Å². The molecule has 1 aliphatic heterocycles. The Hall–Kier alpha value is -3.10. The Labute approximate surface area is 208 Å². The summed E-state index contributed by atoms with van der Waals surface area (Å²) in [6.07, 6.45) is 3.09. The van der Waals surface area contributed by atoms with Crippen LogP contribution in [0.5, 0.6) is 6.01 Å². The second kappa shape index (κ2) is 8.84. The number of hydrogen-bond acceptors (Lipinski definition) is 8. The van der Waals surface area contributed by atoms with Crippen molar-refractivity contribution in [3.63, 3.8) is 0 Å². The molecule has 0 bridgehead atoms. The normalized spacial score (nSPS) is 18.4. The average Bonchev–Trinajstić information content (AvgIpc) is 3.39. The van der Waals surface area contributed by atoms with Gasteiger partial charge in [0.15, 0.2) is 5.82 Å². The molecule has 35 heavy (non-hydrogen) atoms. The van der Waals surface area contributed by atoms with E-state index in [0.717, 1.165) is 30.7 Å². The Morgan fingerprint density at radius 2 is 2.20 bits per heavy atom. The van der Waals surface area contributed by atoms with E-state index in [1.54, 1.807) is 0 Å². The molecule has 0 amide bonds. The van der Waals surface area contributed by atoms with E-state index in [9.17, 15) is 14.8 Å². The molecule has 2 aromatic heterocycles. The molecule has 3 N–H and O–H groups in total. The summed E-state index contributed by atoms with van der Waals surface area (Å²) in [6.45, 7) is 0.894. The first-order valence-electron chi connectivity index (χ1n) is 10.8. The number of fused-ring (bicyclic) bond motifs is 2. The van der Waals surface area contributed by atoms with Crippen LogP contribution in [0.15, 0.2) is 24.4 Å². The fourth-order valence-corrected chi connectivity index (χ4v) is 5.87. The first-order chi connectivity index (χ1) is 16.8. The highest BCUT2D eigenvalue weighted by Crippen LogP contribution is 2.44. The van der Waals surface area contributed by atoms with Gasteiger partial charge < -0.3 is 15.6 Å². The topological polar surface area (TPSA) is 108 Å². The van der Waals surface area contributed by atoms with Crippen molar-refractivity contribution in [2.45, 2.75) is 18.4 Å². The quantitative estimate of drug-likeness (QED) is 0.395. The number of rotatable bonds is 5. The fourth-order valence-electron chi connectivity index (χ4n) is 4.61. The van der Waals surface area contributed by atoms with Gasteiger partial charge in [0, 0.05) is 22.5 Å². The minimum absolute atomic E-state index is 0.0227. The number of halogens is 3. The van der Waals surface area contributed by atoms with E-state index >= 15 is 4.39 Å². The summed E-state index contributed by atoms with van der Waals surface area (Å²) in [5.41, 5.74) is 5.63. The van der Waals surface area contributed by atoms with Crippen LogP contribution in [0.4, 0.5) is 13.8 Å². The number of aliphatic hydroxyl groups is 1. The van der Waals surface area contributed by atoms with Gasteiger partial charge in [0.1, 0.15) is 29.0 Å². The molecule has 0 saturated carbocycles. The maximum atomic E-state index is 15.9. The lowest BCUT2D eigenvalue weighted by atomic mass is 9.97. The molecule has 0 aliphatic carbocycles. The number of likely N-dealkylation sites (N-methyl/N-ethyl adjacent to an activating group) is 1. The summed E-state index contributed by atoms with van der Waals surface area (Å²) in [5.74, 6) is -1.32. The number of thiophene rings is 1. The molecule has 11 heteroatoms. The second-order valence-electron chi connectivity index (χ2n) is 8.59. The third-order valence-corrected chi connectivity index (χ3v) is 7.98. The second-order valence-corrected chi connectivity index (χ2v) is 10.0. The minimum atomic E-state index is -0.754. The lowest BCUT2D eigenvalue weighted by Gasteiger charge is -2.33. The molecule has 180 valence electrons. The van der Waals surface area contributed by atoms with Crippen LogP contribution >= 0.6 is 22.9 Å². The first kappa shape index (κ1) is 23.6. The van der Waals surface area contributed by atoms with Crippen molar-refractivity contribution in [3.05, 3.63) is 46.6 Å². The highest BCUT2D eigenvalue weighted by atomic mass is 35.5. The van der Waals surface area contributed by atoms with Gasteiger partial charge in [-0.25, -0.2) is 13.8 Å². The van der Waals surface area contributed by atoms with Gasteiger partial charge in [-0.3, -0.25) is 4.90 Å². The summed E-state index contributed by atoms with van der Waals surface area (Å²) in [7, 11) is 1.91. The van der Waals surface area contributed by atoms with Crippen molar-refractivity contribution in [2.75, 3.05) is 32.5 Å². The number of likely N-dealkylation sites (tertiary alicyclic amines) is 1. The predicted molar refractivity (Wildman–Crippen MR) is 132 cm³/mol. The third-order valence-electron chi connectivity index (χ3n) is 6.65. The number of aromatic nitrogens is 2. The number of nitrogens with zero attached hydrogens (tertiary/aromatic N) is 4. The van der Waals surface area contributed by atoms with Gasteiger partial charge in [-0.1, -0.05) is 17.7 Å². The number of aliphatic hydroxyl groups excluding tert-OH is 1. The third kappa shape index (κ3) is 3.76. The Balaban J connectivity index is 1.62. The summed E-state index contributed by atoms with van der Waals surface area (Å²) in [6, 6.07) is 6.01. The van der Waals surface area contributed by atoms with Crippen LogP contribution in [0, 0.1) is 23.0 Å². The van der Waals surface area contributed by atoms with Crippen LogP contribution in [0.3, 0.4) is 0 Å². The highest BCUT2D eigenvalue weighted by Gasteiger charge is 2.39. The fraction of sp³-hybridized carbons (Fsp3) is 0.292. The van der Waals surface area contributed by atoms with Crippen LogP contribution in [0.2, 0.25) is 5.02 Å². The van der Waals surface area contributed by atoms with Crippen molar-refractivity contribution in [3.8, 4) is 23.2 Å². The molecule has 0 spiro atoms. The van der Waals surface area contributed by atoms with Gasteiger partial charge in [0.25, 0.3) is 0 Å². The molecule has 1 fully saturated rings. The van der Waals surface area contributed by atoms with Crippen molar-refractivity contribution in [1.29, 1.82) is 5.26 Å². The predicted octanol–water partition coefficient (Wildman–Crippen LogP) is 4.73. The summed E-state index contributed by atoms with van der Waals surface area (Å²) in [4.78, 5) is 10.5. The molecule has 1 atom stereocenters. The van der Waals surface area contributed by atoms with Gasteiger partial charge >= 0.3 is 6.01 Å². The van der Waals surface area contributed by atoms with Gasteiger partial charge in [0.2, 0.25) is 0 Å². The number of benzene rings is 2. The summed E-state index contributed by atoms with van der Waals surface area (Å²) < 4.78 is 36.3. The van der Waals surface area contributed by atoms with Gasteiger partial charge in [0.05, 0.1) is 27.4 Å². The first-order valence-corrected chi connectivity index (χ1v) is 12.0. The van der Waals surface area contributed by atoms with Crippen molar-refractivity contribution in [2.24, 2.45) is 0 Å². The van der Waals surface area contributed by atoms with Crippen molar-refractivity contribution >= 4 is 48.9 Å². The molecular weight excluding hydrogens is 496 g/mol. The van der Waals surface area contributed by atoms with E-state index in [1.165, 1.54) is 24.4 Å². The van der Waals surface area contributed by atoms with Crippen LogP contribution in [0.25, 0.3) is 32.1 Å². The number of nitrogens with two attached hydrogens (primary N) is 1. The van der Waals surface area contributed by atoms with E-state index in [1.807, 2.05) is 18.0 Å². The van der Waals surface area contributed by atoms with Crippen LogP contribution in [-0.2, 0) is 0 Å². The number of nitriles is 1. The summed E-state index contributed by atoms with van der Waals surface area (Å²) in [5, 5.41) is 20.3. The number of anilines is 1. The van der Waals surface area contributed by atoms with E-state index in [2.05, 4.69) is 9.97 Å². The van der Waals surface area contributed by atoms with E-state index in [4.69, 9.17) is 22.1 Å². The molecule has 7 nitrogen and oxygen atoms in total. The van der Waals surface area contributed by atoms with Gasteiger partial charge in [-0.15, -0.1) is 11.3 Å². The van der Waals surface area contributed by atoms with E-state index in [-0.39, 0.29) is 61.5 Å². The smallest absolute Gasteiger partial charge is 0.317 e. The standard InChI is InChI=1S/C24H20ClF2N5O2S/c1-32-6-2-5-24(32,10-33)11-34-23-30-9-12-7-15(25)18(19(27)20(12)31-23)13-3-4-16(26)21-17(13)14(8-28)22(29)35-21/h3-4,7,9,33H,2,5-6,10-11,29H2,1H3. The number of hydrogen-bond donors (Lipinski definition) is 2. The average molecular weight is 516 g/mol. The molecule has 1 unspecified atom stereocenters. The van der Waals surface area contributed by atoms with Crippen LogP contribution in [0.1, 0.15) is 18.4 Å². The molecule has 0 radical (unpaired) electrons. The minimum Gasteiger partial charge on any atom is -0.461 e. The number of ether oxygens (including phenoxy) is 1. The van der Waals surface area contributed by atoms with E-state index in [0.29, 0.717) is 5.39 Å². The monoisotopic (exact) mass is 515 g/mol. The Morgan fingerprint density at radius 1 is 1.40 bits per heavy atom. The maximum absolute atomic E-state index is 15.9. The Bertz CT molecular complexity index is 1520. The van der Waals surface area contributed by atoms with Crippen molar-refractivity contribution in [1.82, 2.24) is 14.9 Å². The molecular formula is C24H20ClF2N5O2S. The zero-order chi connectivity index (χ0) is 24.9. The zero-order valence-corrected chi connectivity index (χ0v) is 20.2. The molecule has 1 saturated heterocycles.